The monoisotopic (exact) mass is 425 g/mol. The third kappa shape index (κ3) is 3.86. The number of hydrogen-bond donors (Lipinski definition) is 1. The molecule has 1 aliphatic rings. The lowest BCUT2D eigenvalue weighted by Crippen LogP contribution is -2.43. The topological polar surface area (TPSA) is 67.5 Å². The molecule has 1 N–H and O–H groups in total. The number of nitrogens with zero attached hydrogens (tertiary/aromatic N) is 2. The third-order valence-corrected chi connectivity index (χ3v) is 6.66. The number of carbonyl (C=O) groups excluding carboxylic acids is 2. The maximum Gasteiger partial charge on any atom is 0.247 e. The Bertz CT molecular complexity index is 1060. The van der Waals surface area contributed by atoms with E-state index in [-0.39, 0.29) is 24.1 Å². The zero-order valence-corrected chi connectivity index (χ0v) is 18.4. The van der Waals surface area contributed by atoms with Crippen LogP contribution in [0.15, 0.2) is 52.1 Å². The number of aromatic nitrogens is 1. The molecule has 1 atom stereocenters. The minimum atomic E-state index is -0.703. The van der Waals surface area contributed by atoms with E-state index in [4.69, 9.17) is 4.42 Å². The van der Waals surface area contributed by atoms with Gasteiger partial charge in [0.15, 0.2) is 0 Å². The standard InChI is InChI=1S/C23H27N3O3S/c1-15(2)10-11-24-22(28)21-20-17-8-4-5-9-18(17)25(3)23(20)30-14-19(27)26(21)13-16-7-6-12-29-16/h4-9,12,15,21H,10-11,13-14H2,1-3H3,(H,24,28)/t21-/m1/s1. The van der Waals surface area contributed by atoms with Crippen LogP contribution in [0.25, 0.3) is 10.9 Å². The molecule has 6 nitrogen and oxygen atoms in total. The Balaban J connectivity index is 1.80. The number of aryl methyl sites for hydroxylation is 1. The summed E-state index contributed by atoms with van der Waals surface area (Å²) in [4.78, 5) is 28.3. The first-order chi connectivity index (χ1) is 14.5. The molecular weight excluding hydrogens is 398 g/mol. The first kappa shape index (κ1) is 20.6. The molecule has 2 aromatic heterocycles. The van der Waals surface area contributed by atoms with Gasteiger partial charge in [-0.15, -0.1) is 0 Å². The van der Waals surface area contributed by atoms with Gasteiger partial charge in [-0.2, -0.15) is 0 Å². The van der Waals surface area contributed by atoms with Crippen molar-refractivity contribution in [2.24, 2.45) is 13.0 Å². The van der Waals surface area contributed by atoms with Gasteiger partial charge in [0.05, 0.1) is 23.6 Å². The molecule has 0 bridgehead atoms. The fraction of sp³-hybridized carbons (Fsp3) is 0.391. The van der Waals surface area contributed by atoms with Crippen molar-refractivity contribution in [1.82, 2.24) is 14.8 Å². The second-order valence-electron chi connectivity index (χ2n) is 8.06. The number of benzene rings is 1. The molecule has 4 rings (SSSR count). The molecular formula is C23H27N3O3S. The van der Waals surface area contributed by atoms with Crippen molar-refractivity contribution in [1.29, 1.82) is 0 Å². The highest BCUT2D eigenvalue weighted by Gasteiger charge is 2.39. The van der Waals surface area contributed by atoms with Crippen molar-refractivity contribution in [2.45, 2.75) is 37.9 Å². The molecule has 0 saturated carbocycles. The number of carbonyl (C=O) groups is 2. The van der Waals surface area contributed by atoms with E-state index in [1.165, 1.54) is 11.8 Å². The number of fused-ring (bicyclic) bond motifs is 3. The van der Waals surface area contributed by atoms with E-state index >= 15 is 0 Å². The maximum atomic E-state index is 13.5. The van der Waals surface area contributed by atoms with Crippen molar-refractivity contribution in [3.8, 4) is 0 Å². The molecule has 0 unspecified atom stereocenters. The molecule has 158 valence electrons. The van der Waals surface area contributed by atoms with Crippen molar-refractivity contribution in [2.75, 3.05) is 12.3 Å². The van der Waals surface area contributed by atoms with Crippen molar-refractivity contribution < 1.29 is 14.0 Å². The summed E-state index contributed by atoms with van der Waals surface area (Å²) in [6, 6.07) is 11.0. The minimum Gasteiger partial charge on any atom is -0.467 e. The lowest BCUT2D eigenvalue weighted by atomic mass is 10.0. The summed E-state index contributed by atoms with van der Waals surface area (Å²) in [7, 11) is 1.99. The highest BCUT2D eigenvalue weighted by molar-refractivity contribution is 8.00. The number of rotatable bonds is 6. The Kier molecular flexibility index (Phi) is 5.90. The number of hydrogen-bond acceptors (Lipinski definition) is 4. The van der Waals surface area contributed by atoms with Gasteiger partial charge in [0, 0.05) is 30.1 Å². The molecule has 0 aliphatic carbocycles. The largest absolute Gasteiger partial charge is 0.467 e. The molecule has 0 saturated heterocycles. The predicted octanol–water partition coefficient (Wildman–Crippen LogP) is 4.11. The smallest absolute Gasteiger partial charge is 0.247 e. The number of amides is 2. The Morgan fingerprint density at radius 1 is 1.27 bits per heavy atom. The van der Waals surface area contributed by atoms with E-state index in [0.29, 0.717) is 18.2 Å². The summed E-state index contributed by atoms with van der Waals surface area (Å²) < 4.78 is 7.60. The van der Waals surface area contributed by atoms with Crippen molar-refractivity contribution >= 4 is 34.5 Å². The fourth-order valence-electron chi connectivity index (χ4n) is 3.95. The SMILES string of the molecule is CC(C)CCNC(=O)[C@H]1c2c(n(C)c3ccccc23)SCC(=O)N1Cc1ccco1. The Hall–Kier alpha value is -2.67. The van der Waals surface area contributed by atoms with Gasteiger partial charge < -0.3 is 19.2 Å². The zero-order chi connectivity index (χ0) is 21.3. The molecule has 1 aliphatic heterocycles. The van der Waals surface area contributed by atoms with Gasteiger partial charge in [0.1, 0.15) is 11.8 Å². The lowest BCUT2D eigenvalue weighted by Gasteiger charge is -2.29. The molecule has 0 spiro atoms. The minimum absolute atomic E-state index is 0.0688. The van der Waals surface area contributed by atoms with Crippen LogP contribution in [-0.4, -0.2) is 33.6 Å². The second kappa shape index (κ2) is 8.60. The summed E-state index contributed by atoms with van der Waals surface area (Å²) in [5.41, 5.74) is 1.96. The second-order valence-corrected chi connectivity index (χ2v) is 9.02. The summed E-state index contributed by atoms with van der Waals surface area (Å²) in [5.74, 6) is 1.23. The average Bonchev–Trinajstić information content (AvgIpc) is 3.29. The number of thioether (sulfide) groups is 1. The third-order valence-electron chi connectivity index (χ3n) is 5.50. The van der Waals surface area contributed by atoms with E-state index < -0.39 is 6.04 Å². The molecule has 7 heteroatoms. The molecule has 1 aromatic carbocycles. The van der Waals surface area contributed by atoms with Gasteiger partial charge in [-0.1, -0.05) is 43.8 Å². The van der Waals surface area contributed by atoms with E-state index in [2.05, 4.69) is 29.8 Å². The van der Waals surface area contributed by atoms with Gasteiger partial charge in [-0.05, 0) is 30.5 Å². The first-order valence-electron chi connectivity index (χ1n) is 10.3. The summed E-state index contributed by atoms with van der Waals surface area (Å²) in [6.45, 7) is 5.11. The van der Waals surface area contributed by atoms with Crippen LogP contribution in [0.3, 0.4) is 0 Å². The Morgan fingerprint density at radius 2 is 2.07 bits per heavy atom. The van der Waals surface area contributed by atoms with Crippen LogP contribution < -0.4 is 5.32 Å². The van der Waals surface area contributed by atoms with Crippen LogP contribution in [0.2, 0.25) is 0 Å². The zero-order valence-electron chi connectivity index (χ0n) is 17.6. The molecule has 2 amide bonds. The van der Waals surface area contributed by atoms with Crippen LogP contribution in [0.1, 0.15) is 37.6 Å². The Morgan fingerprint density at radius 3 is 2.80 bits per heavy atom. The van der Waals surface area contributed by atoms with Crippen LogP contribution >= 0.6 is 11.8 Å². The molecule has 0 radical (unpaired) electrons. The average molecular weight is 426 g/mol. The number of nitrogens with one attached hydrogen (secondary N) is 1. The molecule has 3 heterocycles. The summed E-state index contributed by atoms with van der Waals surface area (Å²) in [6.07, 6.45) is 2.48. The maximum absolute atomic E-state index is 13.5. The summed E-state index contributed by atoms with van der Waals surface area (Å²) in [5, 5.41) is 5.05. The Labute approximate surface area is 180 Å². The fourth-order valence-corrected chi connectivity index (χ4v) is 5.05. The number of furan rings is 1. The van der Waals surface area contributed by atoms with Crippen LogP contribution in [0.4, 0.5) is 0 Å². The van der Waals surface area contributed by atoms with E-state index in [1.54, 1.807) is 17.2 Å². The summed E-state index contributed by atoms with van der Waals surface area (Å²) >= 11 is 1.50. The first-order valence-corrected chi connectivity index (χ1v) is 11.3. The van der Waals surface area contributed by atoms with E-state index in [9.17, 15) is 9.59 Å². The van der Waals surface area contributed by atoms with Gasteiger partial charge in [0.25, 0.3) is 0 Å². The number of para-hydroxylation sites is 1. The highest BCUT2D eigenvalue weighted by Crippen LogP contribution is 2.42. The van der Waals surface area contributed by atoms with Crippen molar-refractivity contribution in [3.63, 3.8) is 0 Å². The van der Waals surface area contributed by atoms with Crippen LogP contribution in [0.5, 0.6) is 0 Å². The van der Waals surface area contributed by atoms with Crippen LogP contribution in [-0.2, 0) is 23.2 Å². The molecule has 3 aromatic rings. The van der Waals surface area contributed by atoms with Gasteiger partial charge in [-0.3, -0.25) is 9.59 Å². The van der Waals surface area contributed by atoms with E-state index in [1.807, 2.05) is 31.3 Å². The van der Waals surface area contributed by atoms with Crippen LogP contribution in [0, 0.1) is 5.92 Å². The van der Waals surface area contributed by atoms with Gasteiger partial charge >= 0.3 is 0 Å². The van der Waals surface area contributed by atoms with Crippen molar-refractivity contribution in [3.05, 3.63) is 54.0 Å². The quantitative estimate of drug-likeness (QED) is 0.645. The van der Waals surface area contributed by atoms with Gasteiger partial charge in [0.2, 0.25) is 11.8 Å². The molecule has 0 fully saturated rings. The lowest BCUT2D eigenvalue weighted by molar-refractivity contribution is -0.139. The van der Waals surface area contributed by atoms with E-state index in [0.717, 1.165) is 27.9 Å². The predicted molar refractivity (Wildman–Crippen MR) is 118 cm³/mol. The molecule has 30 heavy (non-hydrogen) atoms. The highest BCUT2D eigenvalue weighted by atomic mass is 32.2. The normalized spacial score (nSPS) is 16.7. The van der Waals surface area contributed by atoms with Gasteiger partial charge in [-0.25, -0.2) is 0 Å².